The molecule has 0 aliphatic heterocycles. The highest BCUT2D eigenvalue weighted by Gasteiger charge is 2.23. The highest BCUT2D eigenvalue weighted by Crippen LogP contribution is 2.19. The van der Waals surface area contributed by atoms with E-state index in [-0.39, 0.29) is 18.2 Å². The smallest absolute Gasteiger partial charge is 0.303 e. The van der Waals surface area contributed by atoms with Gasteiger partial charge in [0.05, 0.1) is 0 Å². The molecule has 1 aromatic rings. The lowest BCUT2D eigenvalue weighted by molar-refractivity contribution is -0.137. The van der Waals surface area contributed by atoms with Crippen LogP contribution in [0.15, 0.2) is 4.42 Å². The van der Waals surface area contributed by atoms with E-state index in [2.05, 4.69) is 10.2 Å². The molecule has 0 saturated heterocycles. The maximum atomic E-state index is 11.2. The van der Waals surface area contributed by atoms with Gasteiger partial charge in [-0.05, 0) is 13.3 Å². The van der Waals surface area contributed by atoms with Crippen molar-refractivity contribution in [3.8, 4) is 0 Å². The van der Waals surface area contributed by atoms with Crippen LogP contribution in [0.1, 0.15) is 36.8 Å². The Morgan fingerprint density at radius 2 is 2.12 bits per heavy atom. The fourth-order valence-corrected chi connectivity index (χ4v) is 1.57. The molecule has 1 rings (SSSR count). The molecule has 1 N–H and O–H groups in total. The van der Waals surface area contributed by atoms with Crippen LogP contribution < -0.4 is 0 Å². The summed E-state index contributed by atoms with van der Waals surface area (Å²) < 4.78 is 27.6. The molecule has 0 spiro atoms. The van der Waals surface area contributed by atoms with Crippen LogP contribution in [0.25, 0.3) is 0 Å². The molecule has 0 aromatic carbocycles. The van der Waals surface area contributed by atoms with E-state index in [1.54, 1.807) is 0 Å². The third-order valence-electron chi connectivity index (χ3n) is 2.25. The first-order valence-electron chi connectivity index (χ1n) is 5.03. The predicted molar refractivity (Wildman–Crippen MR) is 58.1 cm³/mol. The van der Waals surface area contributed by atoms with Crippen molar-refractivity contribution in [2.75, 3.05) is 6.26 Å². The largest absolute Gasteiger partial charge is 0.481 e. The lowest BCUT2D eigenvalue weighted by atomic mass is 10.2. The van der Waals surface area contributed by atoms with Crippen LogP contribution in [0, 0.1) is 0 Å². The minimum atomic E-state index is -3.27. The number of hydrogen-bond acceptors (Lipinski definition) is 6. The molecule has 0 fully saturated rings. The topological polar surface area (TPSA) is 110 Å². The fraction of sp³-hybridized carbons (Fsp3) is 0.667. The van der Waals surface area contributed by atoms with Crippen LogP contribution in [-0.2, 0) is 21.1 Å². The highest BCUT2D eigenvalue weighted by atomic mass is 32.2. The molecule has 7 nitrogen and oxygen atoms in total. The van der Waals surface area contributed by atoms with Gasteiger partial charge in [-0.1, -0.05) is 0 Å². The number of aryl methyl sites for hydroxylation is 1. The van der Waals surface area contributed by atoms with Crippen molar-refractivity contribution in [1.29, 1.82) is 0 Å². The number of sulfone groups is 1. The van der Waals surface area contributed by atoms with Gasteiger partial charge in [-0.2, -0.15) is 0 Å². The van der Waals surface area contributed by atoms with Crippen LogP contribution in [0.4, 0.5) is 0 Å². The van der Waals surface area contributed by atoms with Crippen molar-refractivity contribution >= 4 is 15.8 Å². The van der Waals surface area contributed by atoms with Gasteiger partial charge in [-0.3, -0.25) is 4.79 Å². The molecule has 0 radical (unpaired) electrons. The van der Waals surface area contributed by atoms with Crippen LogP contribution in [0.3, 0.4) is 0 Å². The molecular formula is C9H14N2O5S. The van der Waals surface area contributed by atoms with Gasteiger partial charge in [-0.25, -0.2) is 8.42 Å². The van der Waals surface area contributed by atoms with Gasteiger partial charge in [0.25, 0.3) is 0 Å². The van der Waals surface area contributed by atoms with E-state index in [0.29, 0.717) is 12.8 Å². The second-order valence-corrected chi connectivity index (χ2v) is 6.12. The Balaban J connectivity index is 2.63. The van der Waals surface area contributed by atoms with Gasteiger partial charge in [0, 0.05) is 19.1 Å². The Morgan fingerprint density at radius 1 is 1.47 bits per heavy atom. The van der Waals surface area contributed by atoms with E-state index >= 15 is 0 Å². The normalized spacial score (nSPS) is 13.5. The summed E-state index contributed by atoms with van der Waals surface area (Å²) in [6, 6.07) is 0. The third kappa shape index (κ3) is 4.14. The van der Waals surface area contributed by atoms with Gasteiger partial charge < -0.3 is 9.52 Å². The lowest BCUT2D eigenvalue weighted by Gasteiger charge is -2.02. The van der Waals surface area contributed by atoms with E-state index in [0.717, 1.165) is 6.26 Å². The van der Waals surface area contributed by atoms with Crippen molar-refractivity contribution in [1.82, 2.24) is 10.2 Å². The molecule has 8 heteroatoms. The number of carboxylic acids is 1. The van der Waals surface area contributed by atoms with Crippen molar-refractivity contribution in [3.05, 3.63) is 11.8 Å². The van der Waals surface area contributed by atoms with Gasteiger partial charge in [-0.15, -0.1) is 10.2 Å². The zero-order chi connectivity index (χ0) is 13.1. The average molecular weight is 262 g/mol. The van der Waals surface area contributed by atoms with Crippen LogP contribution >= 0.6 is 0 Å². The number of carbonyl (C=O) groups is 1. The van der Waals surface area contributed by atoms with Gasteiger partial charge in [0.2, 0.25) is 11.8 Å². The van der Waals surface area contributed by atoms with Gasteiger partial charge in [0.15, 0.2) is 9.84 Å². The zero-order valence-corrected chi connectivity index (χ0v) is 10.4. The molecule has 1 heterocycles. The SMILES string of the molecule is CC(c1nnc(CCCC(=O)O)o1)S(C)(=O)=O. The molecule has 1 atom stereocenters. The summed E-state index contributed by atoms with van der Waals surface area (Å²) >= 11 is 0. The summed E-state index contributed by atoms with van der Waals surface area (Å²) in [6.45, 7) is 1.46. The molecule has 1 unspecified atom stereocenters. The number of hydrogen-bond donors (Lipinski definition) is 1. The predicted octanol–water partition coefficient (Wildman–Crippen LogP) is 0.583. The van der Waals surface area contributed by atoms with Crippen molar-refractivity contribution < 1.29 is 22.7 Å². The number of aromatic nitrogens is 2. The van der Waals surface area contributed by atoms with Gasteiger partial charge in [0.1, 0.15) is 5.25 Å². The Hall–Kier alpha value is -1.44. The molecule has 1 aromatic heterocycles. The summed E-state index contributed by atoms with van der Waals surface area (Å²) in [5, 5.41) is 14.9. The van der Waals surface area contributed by atoms with E-state index in [1.807, 2.05) is 0 Å². The monoisotopic (exact) mass is 262 g/mol. The molecule has 96 valence electrons. The van der Waals surface area contributed by atoms with Crippen molar-refractivity contribution in [2.24, 2.45) is 0 Å². The van der Waals surface area contributed by atoms with Crippen molar-refractivity contribution in [3.63, 3.8) is 0 Å². The lowest BCUT2D eigenvalue weighted by Crippen LogP contribution is -2.07. The Labute approximate surface area is 98.8 Å². The highest BCUT2D eigenvalue weighted by molar-refractivity contribution is 7.90. The summed E-state index contributed by atoms with van der Waals surface area (Å²) in [4.78, 5) is 10.3. The Kier molecular flexibility index (Phi) is 4.22. The first-order chi connectivity index (χ1) is 7.80. The van der Waals surface area contributed by atoms with Crippen molar-refractivity contribution in [2.45, 2.75) is 31.4 Å². The fourth-order valence-electron chi connectivity index (χ4n) is 1.11. The summed E-state index contributed by atoms with van der Waals surface area (Å²) in [5.74, 6) is -0.594. The van der Waals surface area contributed by atoms with E-state index in [9.17, 15) is 13.2 Å². The molecule has 0 bridgehead atoms. The molecule has 0 amide bonds. The molecule has 0 saturated carbocycles. The number of rotatable bonds is 6. The average Bonchev–Trinajstić information content (AvgIpc) is 2.63. The first-order valence-corrected chi connectivity index (χ1v) is 6.99. The maximum Gasteiger partial charge on any atom is 0.303 e. The summed E-state index contributed by atoms with van der Waals surface area (Å²) in [7, 11) is -3.27. The minimum absolute atomic E-state index is 0.0132. The zero-order valence-electron chi connectivity index (χ0n) is 9.58. The van der Waals surface area contributed by atoms with E-state index in [4.69, 9.17) is 9.52 Å². The first kappa shape index (κ1) is 13.6. The molecule has 0 aliphatic rings. The molecule has 17 heavy (non-hydrogen) atoms. The Morgan fingerprint density at radius 3 is 2.65 bits per heavy atom. The van der Waals surface area contributed by atoms with Crippen LogP contribution in [0.2, 0.25) is 0 Å². The molecule has 0 aliphatic carbocycles. The third-order valence-corrected chi connectivity index (χ3v) is 3.74. The summed E-state index contributed by atoms with van der Waals surface area (Å²) in [6.07, 6.45) is 1.81. The number of aliphatic carboxylic acids is 1. The summed E-state index contributed by atoms with van der Waals surface area (Å²) in [5.41, 5.74) is 0. The van der Waals surface area contributed by atoms with E-state index in [1.165, 1.54) is 6.92 Å². The number of carboxylic acid groups (broad SMARTS) is 1. The van der Waals surface area contributed by atoms with E-state index < -0.39 is 21.1 Å². The standard InChI is InChI=1S/C9H14N2O5S/c1-6(17(2,14)15)9-11-10-7(16-9)4-3-5-8(12)13/h6H,3-5H2,1-2H3,(H,12,13). The second kappa shape index (κ2) is 5.26. The van der Waals surface area contributed by atoms with Crippen LogP contribution in [0.5, 0.6) is 0 Å². The maximum absolute atomic E-state index is 11.2. The quantitative estimate of drug-likeness (QED) is 0.798. The second-order valence-electron chi connectivity index (χ2n) is 3.75. The van der Waals surface area contributed by atoms with Gasteiger partial charge >= 0.3 is 5.97 Å². The van der Waals surface area contributed by atoms with Crippen LogP contribution in [-0.4, -0.2) is 35.9 Å². The number of nitrogens with zero attached hydrogens (tertiary/aromatic N) is 2. The Bertz CT molecular complexity index is 493. The minimum Gasteiger partial charge on any atom is -0.481 e. The molecular weight excluding hydrogens is 248 g/mol.